The topological polar surface area (TPSA) is 41.0 Å². The van der Waals surface area contributed by atoms with E-state index in [1.807, 2.05) is 6.92 Å². The molecule has 1 atom stereocenters. The SMILES string of the molecule is CCN1CCCC1CNc1cc(Cl)nc(C)n1. The van der Waals surface area contributed by atoms with Gasteiger partial charge >= 0.3 is 0 Å². The Balaban J connectivity index is 1.93. The van der Waals surface area contributed by atoms with Gasteiger partial charge in [-0.2, -0.15) is 0 Å². The van der Waals surface area contributed by atoms with Gasteiger partial charge in [0.15, 0.2) is 0 Å². The van der Waals surface area contributed by atoms with Crippen LogP contribution in [0.15, 0.2) is 6.07 Å². The maximum Gasteiger partial charge on any atom is 0.134 e. The lowest BCUT2D eigenvalue weighted by Crippen LogP contribution is -2.34. The first-order valence-corrected chi connectivity index (χ1v) is 6.56. The van der Waals surface area contributed by atoms with E-state index < -0.39 is 0 Å². The number of rotatable bonds is 4. The van der Waals surface area contributed by atoms with Crippen molar-refractivity contribution in [1.82, 2.24) is 14.9 Å². The number of halogens is 1. The highest BCUT2D eigenvalue weighted by Gasteiger charge is 2.22. The fourth-order valence-electron chi connectivity index (χ4n) is 2.39. The van der Waals surface area contributed by atoms with Gasteiger partial charge in [0, 0.05) is 18.7 Å². The van der Waals surface area contributed by atoms with Crippen molar-refractivity contribution in [1.29, 1.82) is 0 Å². The summed E-state index contributed by atoms with van der Waals surface area (Å²) in [4.78, 5) is 10.9. The van der Waals surface area contributed by atoms with Crippen LogP contribution in [0.4, 0.5) is 5.82 Å². The third-order valence-electron chi connectivity index (χ3n) is 3.23. The number of aromatic nitrogens is 2. The minimum Gasteiger partial charge on any atom is -0.368 e. The van der Waals surface area contributed by atoms with Gasteiger partial charge in [0.25, 0.3) is 0 Å². The van der Waals surface area contributed by atoms with Gasteiger partial charge in [-0.1, -0.05) is 18.5 Å². The summed E-state index contributed by atoms with van der Waals surface area (Å²) in [6.45, 7) is 7.33. The van der Waals surface area contributed by atoms with Crippen LogP contribution in [-0.4, -0.2) is 40.5 Å². The van der Waals surface area contributed by atoms with Crippen molar-refractivity contribution in [3.05, 3.63) is 17.0 Å². The standard InChI is InChI=1S/C12H19ClN4/c1-3-17-6-4-5-10(17)8-14-12-7-11(13)15-9(2)16-12/h7,10H,3-6,8H2,1-2H3,(H,14,15,16). The van der Waals surface area contributed by atoms with Crippen molar-refractivity contribution in [3.63, 3.8) is 0 Å². The van der Waals surface area contributed by atoms with E-state index in [9.17, 15) is 0 Å². The lowest BCUT2D eigenvalue weighted by Gasteiger charge is -2.23. The Morgan fingerprint density at radius 2 is 2.35 bits per heavy atom. The first-order chi connectivity index (χ1) is 8.19. The lowest BCUT2D eigenvalue weighted by molar-refractivity contribution is 0.277. The Kier molecular flexibility index (Phi) is 4.18. The Morgan fingerprint density at radius 1 is 1.53 bits per heavy atom. The molecule has 1 N–H and O–H groups in total. The smallest absolute Gasteiger partial charge is 0.134 e. The lowest BCUT2D eigenvalue weighted by atomic mass is 10.2. The molecule has 1 aliphatic rings. The molecule has 17 heavy (non-hydrogen) atoms. The van der Waals surface area contributed by atoms with Crippen molar-refractivity contribution < 1.29 is 0 Å². The van der Waals surface area contributed by atoms with Gasteiger partial charge in [-0.15, -0.1) is 0 Å². The normalized spacial score (nSPS) is 20.8. The van der Waals surface area contributed by atoms with E-state index >= 15 is 0 Å². The Labute approximate surface area is 107 Å². The molecule has 4 nitrogen and oxygen atoms in total. The number of anilines is 1. The second-order valence-corrected chi connectivity index (χ2v) is 4.82. The van der Waals surface area contributed by atoms with Crippen LogP contribution in [0.25, 0.3) is 0 Å². The summed E-state index contributed by atoms with van der Waals surface area (Å²) in [6.07, 6.45) is 2.56. The summed E-state index contributed by atoms with van der Waals surface area (Å²) in [6, 6.07) is 2.40. The fraction of sp³-hybridized carbons (Fsp3) is 0.667. The van der Waals surface area contributed by atoms with Crippen molar-refractivity contribution in [2.75, 3.05) is 25.0 Å². The van der Waals surface area contributed by atoms with Gasteiger partial charge in [0.1, 0.15) is 16.8 Å². The van der Waals surface area contributed by atoms with Crippen molar-refractivity contribution in [2.24, 2.45) is 0 Å². The second-order valence-electron chi connectivity index (χ2n) is 4.43. The fourth-order valence-corrected chi connectivity index (χ4v) is 2.61. The van der Waals surface area contributed by atoms with Gasteiger partial charge in [-0.05, 0) is 32.9 Å². The third-order valence-corrected chi connectivity index (χ3v) is 3.42. The van der Waals surface area contributed by atoms with E-state index in [4.69, 9.17) is 11.6 Å². The van der Waals surface area contributed by atoms with Crippen molar-refractivity contribution in [3.8, 4) is 0 Å². The van der Waals surface area contributed by atoms with E-state index in [0.29, 0.717) is 17.0 Å². The predicted octanol–water partition coefficient (Wildman–Crippen LogP) is 2.33. The summed E-state index contributed by atoms with van der Waals surface area (Å²) in [7, 11) is 0. The minimum atomic E-state index is 0.499. The van der Waals surface area contributed by atoms with Crippen LogP contribution in [0.3, 0.4) is 0 Å². The Morgan fingerprint density at radius 3 is 3.06 bits per heavy atom. The number of hydrogen-bond acceptors (Lipinski definition) is 4. The van der Waals surface area contributed by atoms with E-state index in [1.54, 1.807) is 6.07 Å². The van der Waals surface area contributed by atoms with Gasteiger partial charge < -0.3 is 5.32 Å². The molecular weight excluding hydrogens is 236 g/mol. The molecule has 0 spiro atoms. The summed E-state index contributed by atoms with van der Waals surface area (Å²) < 4.78 is 0. The van der Waals surface area contributed by atoms with Crippen LogP contribution >= 0.6 is 11.6 Å². The van der Waals surface area contributed by atoms with Crippen LogP contribution in [-0.2, 0) is 0 Å². The number of aryl methyl sites for hydroxylation is 1. The molecule has 1 saturated heterocycles. The van der Waals surface area contributed by atoms with Crippen LogP contribution in [0, 0.1) is 6.92 Å². The van der Waals surface area contributed by atoms with E-state index in [1.165, 1.54) is 19.4 Å². The van der Waals surface area contributed by atoms with E-state index in [2.05, 4.69) is 27.1 Å². The average Bonchev–Trinajstić information content (AvgIpc) is 2.72. The van der Waals surface area contributed by atoms with Gasteiger partial charge in [-0.25, -0.2) is 9.97 Å². The molecule has 0 saturated carbocycles. The van der Waals surface area contributed by atoms with Gasteiger partial charge in [0.2, 0.25) is 0 Å². The number of hydrogen-bond donors (Lipinski definition) is 1. The van der Waals surface area contributed by atoms with Gasteiger partial charge in [0.05, 0.1) is 0 Å². The number of likely N-dealkylation sites (N-methyl/N-ethyl adjacent to an activating group) is 1. The second kappa shape index (κ2) is 5.65. The first-order valence-electron chi connectivity index (χ1n) is 6.18. The number of nitrogens with zero attached hydrogens (tertiary/aromatic N) is 3. The highest BCUT2D eigenvalue weighted by atomic mass is 35.5. The van der Waals surface area contributed by atoms with Crippen LogP contribution in [0.2, 0.25) is 5.15 Å². The predicted molar refractivity (Wildman–Crippen MR) is 70.5 cm³/mol. The molecule has 94 valence electrons. The monoisotopic (exact) mass is 254 g/mol. The van der Waals surface area contributed by atoms with Crippen LogP contribution in [0.1, 0.15) is 25.6 Å². The van der Waals surface area contributed by atoms with E-state index in [-0.39, 0.29) is 0 Å². The molecule has 2 heterocycles. The number of likely N-dealkylation sites (tertiary alicyclic amines) is 1. The maximum absolute atomic E-state index is 5.90. The van der Waals surface area contributed by atoms with Crippen molar-refractivity contribution >= 4 is 17.4 Å². The van der Waals surface area contributed by atoms with Crippen molar-refractivity contribution in [2.45, 2.75) is 32.7 Å². The third kappa shape index (κ3) is 3.30. The molecule has 5 heteroatoms. The maximum atomic E-state index is 5.90. The minimum absolute atomic E-state index is 0.499. The first kappa shape index (κ1) is 12.6. The van der Waals surface area contributed by atoms with Gasteiger partial charge in [-0.3, -0.25) is 4.90 Å². The molecule has 1 aromatic rings. The zero-order valence-electron chi connectivity index (χ0n) is 10.4. The molecule has 1 fully saturated rings. The highest BCUT2D eigenvalue weighted by molar-refractivity contribution is 6.29. The molecular formula is C12H19ClN4. The molecule has 0 bridgehead atoms. The molecule has 0 radical (unpaired) electrons. The quantitative estimate of drug-likeness (QED) is 0.838. The largest absolute Gasteiger partial charge is 0.368 e. The zero-order valence-corrected chi connectivity index (χ0v) is 11.2. The highest BCUT2D eigenvalue weighted by Crippen LogP contribution is 2.17. The number of nitrogens with one attached hydrogen (secondary N) is 1. The Hall–Kier alpha value is -0.870. The molecule has 2 rings (SSSR count). The molecule has 0 aliphatic carbocycles. The molecule has 0 aromatic carbocycles. The summed E-state index contributed by atoms with van der Waals surface area (Å²) in [5, 5.41) is 3.85. The average molecular weight is 255 g/mol. The molecule has 1 aliphatic heterocycles. The summed E-state index contributed by atoms with van der Waals surface area (Å²) in [5.74, 6) is 1.53. The van der Waals surface area contributed by atoms with Crippen LogP contribution < -0.4 is 5.32 Å². The zero-order chi connectivity index (χ0) is 12.3. The molecule has 1 unspecified atom stereocenters. The van der Waals surface area contributed by atoms with E-state index in [0.717, 1.165) is 18.9 Å². The summed E-state index contributed by atoms with van der Waals surface area (Å²) >= 11 is 5.90. The molecule has 1 aromatic heterocycles. The summed E-state index contributed by atoms with van der Waals surface area (Å²) in [5.41, 5.74) is 0. The Bertz CT molecular complexity index is 363. The van der Waals surface area contributed by atoms with Crippen LogP contribution in [0.5, 0.6) is 0 Å². The molecule has 0 amide bonds.